The molecular formula is C18H14FNO2S. The zero-order valence-electron chi connectivity index (χ0n) is 12.5. The topological polar surface area (TPSA) is 39.2 Å². The van der Waals surface area contributed by atoms with Gasteiger partial charge in [-0.3, -0.25) is 4.98 Å². The number of halogens is 1. The van der Waals surface area contributed by atoms with Crippen LogP contribution in [0.1, 0.15) is 17.3 Å². The molecule has 0 aliphatic carbocycles. The van der Waals surface area contributed by atoms with Gasteiger partial charge in [0.2, 0.25) is 0 Å². The summed E-state index contributed by atoms with van der Waals surface area (Å²) >= 11 is 1.40. The highest BCUT2D eigenvalue weighted by Gasteiger charge is 2.17. The number of hydrogen-bond acceptors (Lipinski definition) is 4. The lowest BCUT2D eigenvalue weighted by molar-refractivity contribution is 0.0522. The Morgan fingerprint density at radius 3 is 2.65 bits per heavy atom. The van der Waals surface area contributed by atoms with E-state index >= 15 is 0 Å². The number of benzene rings is 2. The van der Waals surface area contributed by atoms with Crippen molar-refractivity contribution < 1.29 is 13.9 Å². The minimum absolute atomic E-state index is 0.292. The van der Waals surface area contributed by atoms with Crippen molar-refractivity contribution in [2.45, 2.75) is 16.7 Å². The molecule has 2 aromatic carbocycles. The number of fused-ring (bicyclic) bond motifs is 1. The maximum absolute atomic E-state index is 13.1. The van der Waals surface area contributed by atoms with Gasteiger partial charge in [0.05, 0.1) is 17.7 Å². The van der Waals surface area contributed by atoms with Crippen LogP contribution >= 0.6 is 11.8 Å². The second kappa shape index (κ2) is 6.79. The third kappa shape index (κ3) is 3.35. The lowest BCUT2D eigenvalue weighted by Crippen LogP contribution is -2.07. The number of aromatic nitrogens is 1. The highest BCUT2D eigenvalue weighted by atomic mass is 32.2. The van der Waals surface area contributed by atoms with Gasteiger partial charge < -0.3 is 4.74 Å². The summed E-state index contributed by atoms with van der Waals surface area (Å²) in [6.45, 7) is 2.06. The van der Waals surface area contributed by atoms with Crippen LogP contribution in [0.5, 0.6) is 0 Å². The molecule has 0 N–H and O–H groups in total. The van der Waals surface area contributed by atoms with E-state index < -0.39 is 5.97 Å². The molecule has 1 aromatic heterocycles. The molecule has 3 aromatic rings. The first-order valence-electron chi connectivity index (χ1n) is 7.17. The van der Waals surface area contributed by atoms with Crippen LogP contribution in [0.3, 0.4) is 0 Å². The van der Waals surface area contributed by atoms with E-state index in [1.807, 2.05) is 24.3 Å². The van der Waals surface area contributed by atoms with Crippen molar-refractivity contribution >= 4 is 28.6 Å². The summed E-state index contributed by atoms with van der Waals surface area (Å²) in [4.78, 5) is 18.2. The number of carbonyl (C=O) groups excluding carboxylic acids is 1. The van der Waals surface area contributed by atoms with Crippen molar-refractivity contribution in [3.05, 3.63) is 66.1 Å². The summed E-state index contributed by atoms with van der Waals surface area (Å²) in [5, 5.41) is 0.868. The fourth-order valence-corrected chi connectivity index (χ4v) is 3.24. The van der Waals surface area contributed by atoms with Gasteiger partial charge in [0.1, 0.15) is 5.82 Å². The molecule has 0 saturated carbocycles. The van der Waals surface area contributed by atoms with Crippen LogP contribution in [0.15, 0.2) is 64.5 Å². The normalized spacial score (nSPS) is 10.7. The Morgan fingerprint density at radius 1 is 1.17 bits per heavy atom. The number of ether oxygens (including phenoxy) is 1. The molecule has 0 aliphatic rings. The standard InChI is InChI=1S/C18H14FNO2S/c1-2-22-18(21)15-11-20-16-6-4-3-5-14(16)17(15)23-13-9-7-12(19)8-10-13/h3-11H,2H2,1H3. The minimum atomic E-state index is -0.407. The van der Waals surface area contributed by atoms with Gasteiger partial charge in [-0.1, -0.05) is 30.0 Å². The van der Waals surface area contributed by atoms with E-state index in [2.05, 4.69) is 4.98 Å². The van der Waals surface area contributed by atoms with Gasteiger partial charge in [-0.2, -0.15) is 0 Å². The zero-order valence-corrected chi connectivity index (χ0v) is 13.3. The molecule has 0 amide bonds. The molecule has 3 rings (SSSR count). The molecule has 23 heavy (non-hydrogen) atoms. The number of rotatable bonds is 4. The van der Waals surface area contributed by atoms with E-state index in [1.165, 1.54) is 30.1 Å². The van der Waals surface area contributed by atoms with Crippen LogP contribution in [0, 0.1) is 5.82 Å². The Kier molecular flexibility index (Phi) is 4.57. The maximum Gasteiger partial charge on any atom is 0.340 e. The van der Waals surface area contributed by atoms with Gasteiger partial charge >= 0.3 is 5.97 Å². The van der Waals surface area contributed by atoms with Gasteiger partial charge in [-0.05, 0) is 37.3 Å². The number of nitrogens with zero attached hydrogens (tertiary/aromatic N) is 1. The van der Waals surface area contributed by atoms with Gasteiger partial charge in [-0.15, -0.1) is 0 Å². The van der Waals surface area contributed by atoms with Crippen LogP contribution in [-0.2, 0) is 4.74 Å². The van der Waals surface area contributed by atoms with Crippen molar-refractivity contribution in [2.75, 3.05) is 6.61 Å². The molecule has 0 aliphatic heterocycles. The van der Waals surface area contributed by atoms with E-state index in [0.29, 0.717) is 12.2 Å². The molecule has 116 valence electrons. The second-order valence-corrected chi connectivity index (χ2v) is 5.88. The SMILES string of the molecule is CCOC(=O)c1cnc2ccccc2c1Sc1ccc(F)cc1. The summed E-state index contributed by atoms with van der Waals surface area (Å²) in [7, 11) is 0. The van der Waals surface area contributed by atoms with Crippen LogP contribution in [-0.4, -0.2) is 17.6 Å². The molecule has 0 unspecified atom stereocenters. The van der Waals surface area contributed by atoms with Gasteiger partial charge in [-0.25, -0.2) is 9.18 Å². The average Bonchev–Trinajstić information content (AvgIpc) is 2.57. The lowest BCUT2D eigenvalue weighted by atomic mass is 10.1. The van der Waals surface area contributed by atoms with E-state index in [4.69, 9.17) is 4.74 Å². The van der Waals surface area contributed by atoms with Gasteiger partial charge in [0.15, 0.2) is 0 Å². The smallest absolute Gasteiger partial charge is 0.340 e. The van der Waals surface area contributed by atoms with E-state index in [9.17, 15) is 9.18 Å². The first-order valence-corrected chi connectivity index (χ1v) is 7.99. The highest BCUT2D eigenvalue weighted by molar-refractivity contribution is 7.99. The Labute approximate surface area is 137 Å². The highest BCUT2D eigenvalue weighted by Crippen LogP contribution is 2.36. The molecule has 5 heteroatoms. The zero-order chi connectivity index (χ0) is 16.2. The Morgan fingerprint density at radius 2 is 1.91 bits per heavy atom. The predicted molar refractivity (Wildman–Crippen MR) is 88.2 cm³/mol. The molecule has 0 spiro atoms. The molecule has 1 heterocycles. The summed E-state index contributed by atoms with van der Waals surface area (Å²) < 4.78 is 18.2. The molecule has 0 bridgehead atoms. The van der Waals surface area contributed by atoms with E-state index in [0.717, 1.165) is 20.7 Å². The Bertz CT molecular complexity index is 849. The van der Waals surface area contributed by atoms with E-state index in [1.54, 1.807) is 19.1 Å². The predicted octanol–water partition coefficient (Wildman–Crippen LogP) is 4.70. The molecule has 0 radical (unpaired) electrons. The van der Waals surface area contributed by atoms with E-state index in [-0.39, 0.29) is 5.82 Å². The van der Waals surface area contributed by atoms with Crippen molar-refractivity contribution in [2.24, 2.45) is 0 Å². The number of hydrogen-bond donors (Lipinski definition) is 0. The maximum atomic E-state index is 13.1. The minimum Gasteiger partial charge on any atom is -0.462 e. The van der Waals surface area contributed by atoms with Crippen molar-refractivity contribution in [1.82, 2.24) is 4.98 Å². The molecule has 0 atom stereocenters. The van der Waals surface area contributed by atoms with Crippen molar-refractivity contribution in [3.63, 3.8) is 0 Å². The fourth-order valence-electron chi connectivity index (χ4n) is 2.20. The molecule has 3 nitrogen and oxygen atoms in total. The molecule has 0 fully saturated rings. The van der Waals surface area contributed by atoms with Crippen molar-refractivity contribution in [1.29, 1.82) is 0 Å². The first kappa shape index (κ1) is 15.5. The second-order valence-electron chi connectivity index (χ2n) is 4.79. The van der Waals surface area contributed by atoms with Gasteiger partial charge in [0, 0.05) is 21.4 Å². The lowest BCUT2D eigenvalue weighted by Gasteiger charge is -2.11. The van der Waals surface area contributed by atoms with Crippen molar-refractivity contribution in [3.8, 4) is 0 Å². The van der Waals surface area contributed by atoms with Crippen LogP contribution in [0.2, 0.25) is 0 Å². The number of para-hydroxylation sites is 1. The summed E-state index contributed by atoms with van der Waals surface area (Å²) in [6, 6.07) is 13.8. The number of pyridine rings is 1. The number of carbonyl (C=O) groups is 1. The summed E-state index contributed by atoms with van der Waals surface area (Å²) in [5.41, 5.74) is 1.21. The summed E-state index contributed by atoms with van der Waals surface area (Å²) in [5.74, 6) is -0.699. The Balaban J connectivity index is 2.12. The fraction of sp³-hybridized carbons (Fsp3) is 0.111. The first-order chi connectivity index (χ1) is 11.2. The van der Waals surface area contributed by atoms with Crippen LogP contribution in [0.4, 0.5) is 4.39 Å². The monoisotopic (exact) mass is 327 g/mol. The summed E-state index contributed by atoms with van der Waals surface area (Å²) in [6.07, 6.45) is 1.53. The third-order valence-electron chi connectivity index (χ3n) is 3.25. The van der Waals surface area contributed by atoms with Crippen LogP contribution in [0.25, 0.3) is 10.9 Å². The van der Waals surface area contributed by atoms with Gasteiger partial charge in [0.25, 0.3) is 0 Å². The third-order valence-corrected chi connectivity index (χ3v) is 4.41. The number of esters is 1. The molecular weight excluding hydrogens is 313 g/mol. The average molecular weight is 327 g/mol. The van der Waals surface area contributed by atoms with Crippen LogP contribution < -0.4 is 0 Å². The largest absolute Gasteiger partial charge is 0.462 e. The Hall–Kier alpha value is -2.40. The quantitative estimate of drug-likeness (QED) is 0.651. The molecule has 0 saturated heterocycles.